The van der Waals surface area contributed by atoms with Crippen molar-refractivity contribution in [2.45, 2.75) is 30.0 Å². The molecule has 0 spiro atoms. The highest BCUT2D eigenvalue weighted by atomic mass is 35.5. The summed E-state index contributed by atoms with van der Waals surface area (Å²) in [7, 11) is 0. The van der Waals surface area contributed by atoms with Gasteiger partial charge in [-0.15, -0.1) is 11.6 Å². The van der Waals surface area contributed by atoms with Gasteiger partial charge in [0.25, 0.3) is 0 Å². The minimum absolute atomic E-state index is 0.473. The molecular formula is C6H11ClO5. The Bertz CT molecular complexity index is 150. The summed E-state index contributed by atoms with van der Waals surface area (Å²) in [5.74, 6) is 0. The molecule has 0 aromatic rings. The molecule has 0 bridgehead atoms. The van der Waals surface area contributed by atoms with Gasteiger partial charge in [-0.3, -0.25) is 0 Å². The van der Waals surface area contributed by atoms with Crippen LogP contribution < -0.4 is 0 Å². The molecule has 0 aliphatic carbocycles. The highest BCUT2D eigenvalue weighted by Crippen LogP contribution is 2.23. The molecule has 4 N–H and O–H groups in total. The zero-order chi connectivity index (χ0) is 9.30. The lowest BCUT2D eigenvalue weighted by Gasteiger charge is -2.37. The molecule has 0 aromatic heterocycles. The Kier molecular flexibility index (Phi) is 3.28. The summed E-state index contributed by atoms with van der Waals surface area (Å²) >= 11 is 5.47. The smallest absolute Gasteiger partial charge is 0.174 e. The second-order valence-electron chi connectivity index (χ2n) is 2.67. The molecule has 1 aliphatic rings. The number of aliphatic hydroxyl groups is 4. The van der Waals surface area contributed by atoms with Crippen LogP contribution in [0, 0.1) is 0 Å². The van der Waals surface area contributed by atoms with Gasteiger partial charge < -0.3 is 25.2 Å². The maximum absolute atomic E-state index is 9.20. The van der Waals surface area contributed by atoms with Crippen molar-refractivity contribution < 1.29 is 25.2 Å². The SMILES string of the molecule is OCC1OC(O)[C@H](Cl)[C@@H](O)[C@H]1O. The van der Waals surface area contributed by atoms with E-state index in [1.807, 2.05) is 0 Å². The van der Waals surface area contributed by atoms with Crippen molar-refractivity contribution in [2.24, 2.45) is 0 Å². The van der Waals surface area contributed by atoms with Gasteiger partial charge in [0, 0.05) is 0 Å². The van der Waals surface area contributed by atoms with Crippen LogP contribution in [0.2, 0.25) is 0 Å². The van der Waals surface area contributed by atoms with E-state index in [4.69, 9.17) is 26.6 Å². The van der Waals surface area contributed by atoms with Crippen LogP contribution in [0.3, 0.4) is 0 Å². The van der Waals surface area contributed by atoms with E-state index in [0.29, 0.717) is 0 Å². The molecule has 72 valence electrons. The first-order valence-corrected chi connectivity index (χ1v) is 3.96. The zero-order valence-corrected chi connectivity index (χ0v) is 6.92. The Labute approximate surface area is 74.2 Å². The van der Waals surface area contributed by atoms with Crippen LogP contribution in [0.1, 0.15) is 0 Å². The van der Waals surface area contributed by atoms with Gasteiger partial charge in [0.05, 0.1) is 6.61 Å². The first-order valence-electron chi connectivity index (χ1n) is 3.52. The lowest BCUT2D eigenvalue weighted by Crippen LogP contribution is -2.56. The average molecular weight is 199 g/mol. The number of halogens is 1. The average Bonchev–Trinajstić information content (AvgIpc) is 2.08. The summed E-state index contributed by atoms with van der Waals surface area (Å²) in [5, 5.41) is 35.0. The molecule has 5 nitrogen and oxygen atoms in total. The van der Waals surface area contributed by atoms with Crippen molar-refractivity contribution in [1.82, 2.24) is 0 Å². The van der Waals surface area contributed by atoms with Crippen molar-refractivity contribution in [3.8, 4) is 0 Å². The predicted molar refractivity (Wildman–Crippen MR) is 39.6 cm³/mol. The standard InChI is InChI=1S/C6H11ClO5/c7-3-5(10)4(9)2(1-8)12-6(3)11/h2-6,8-11H,1H2/t2?,3-,4+,5-,6?/m1/s1. The first-order chi connectivity index (χ1) is 5.57. The van der Waals surface area contributed by atoms with Gasteiger partial charge >= 0.3 is 0 Å². The fourth-order valence-corrected chi connectivity index (χ4v) is 1.27. The third kappa shape index (κ3) is 1.71. The van der Waals surface area contributed by atoms with Gasteiger partial charge in [-0.2, -0.15) is 0 Å². The molecule has 1 aliphatic heterocycles. The van der Waals surface area contributed by atoms with Gasteiger partial charge in [0.2, 0.25) is 0 Å². The number of hydrogen-bond donors (Lipinski definition) is 4. The Hall–Kier alpha value is 0.0900. The molecule has 12 heavy (non-hydrogen) atoms. The van der Waals surface area contributed by atoms with Crippen LogP contribution in [0.5, 0.6) is 0 Å². The lowest BCUT2D eigenvalue weighted by atomic mass is 10.0. The van der Waals surface area contributed by atoms with Gasteiger partial charge in [-0.05, 0) is 0 Å². The van der Waals surface area contributed by atoms with Crippen LogP contribution in [0.15, 0.2) is 0 Å². The largest absolute Gasteiger partial charge is 0.394 e. The van der Waals surface area contributed by atoms with E-state index in [1.165, 1.54) is 0 Å². The summed E-state index contributed by atoms with van der Waals surface area (Å²) in [6, 6.07) is 0. The number of hydrogen-bond acceptors (Lipinski definition) is 5. The molecule has 1 rings (SSSR count). The quantitative estimate of drug-likeness (QED) is 0.367. The van der Waals surface area contributed by atoms with Crippen LogP contribution >= 0.6 is 11.6 Å². The zero-order valence-electron chi connectivity index (χ0n) is 6.17. The van der Waals surface area contributed by atoms with E-state index in [2.05, 4.69) is 0 Å². The lowest BCUT2D eigenvalue weighted by molar-refractivity contribution is -0.236. The molecule has 5 atom stereocenters. The third-order valence-corrected chi connectivity index (χ3v) is 2.30. The van der Waals surface area contributed by atoms with E-state index >= 15 is 0 Å². The van der Waals surface area contributed by atoms with Crippen molar-refractivity contribution >= 4 is 11.6 Å². The fourth-order valence-electron chi connectivity index (χ4n) is 1.06. The molecule has 0 aromatic carbocycles. The van der Waals surface area contributed by atoms with E-state index in [-0.39, 0.29) is 0 Å². The first kappa shape index (κ1) is 10.2. The molecule has 1 heterocycles. The summed E-state index contributed by atoms with van der Waals surface area (Å²) in [6.07, 6.45) is -4.89. The monoisotopic (exact) mass is 198 g/mol. The van der Waals surface area contributed by atoms with Crippen LogP contribution in [-0.4, -0.2) is 57.0 Å². The number of ether oxygens (including phenoxy) is 1. The maximum atomic E-state index is 9.20. The Balaban J connectivity index is 2.63. The number of rotatable bonds is 1. The maximum Gasteiger partial charge on any atom is 0.174 e. The van der Waals surface area contributed by atoms with Crippen LogP contribution in [0.4, 0.5) is 0 Å². The summed E-state index contributed by atoms with van der Waals surface area (Å²) in [5.41, 5.74) is 0. The molecular weight excluding hydrogens is 188 g/mol. The molecule has 0 saturated carbocycles. The van der Waals surface area contributed by atoms with Crippen molar-refractivity contribution in [3.63, 3.8) is 0 Å². The molecule has 1 fully saturated rings. The number of aliphatic hydroxyl groups excluding tert-OH is 4. The van der Waals surface area contributed by atoms with Crippen molar-refractivity contribution in [1.29, 1.82) is 0 Å². The summed E-state index contributed by atoms with van der Waals surface area (Å²) in [4.78, 5) is 0. The highest BCUT2D eigenvalue weighted by Gasteiger charge is 2.42. The van der Waals surface area contributed by atoms with Gasteiger partial charge in [-0.25, -0.2) is 0 Å². The highest BCUT2D eigenvalue weighted by molar-refractivity contribution is 6.21. The van der Waals surface area contributed by atoms with Crippen LogP contribution in [0.25, 0.3) is 0 Å². The van der Waals surface area contributed by atoms with Gasteiger partial charge in [0.1, 0.15) is 23.7 Å². The second kappa shape index (κ2) is 3.87. The van der Waals surface area contributed by atoms with Crippen molar-refractivity contribution in [2.75, 3.05) is 6.61 Å². The molecule has 1 saturated heterocycles. The van der Waals surface area contributed by atoms with E-state index in [1.54, 1.807) is 0 Å². The molecule has 6 heteroatoms. The minimum atomic E-state index is -1.36. The fraction of sp³-hybridized carbons (Fsp3) is 1.00. The number of alkyl halides is 1. The summed E-state index contributed by atoms with van der Waals surface area (Å²) in [6.45, 7) is -0.473. The Morgan fingerprint density at radius 2 is 1.75 bits per heavy atom. The minimum Gasteiger partial charge on any atom is -0.394 e. The second-order valence-corrected chi connectivity index (χ2v) is 3.18. The predicted octanol–water partition coefficient (Wildman–Crippen LogP) is -1.97. The summed E-state index contributed by atoms with van der Waals surface area (Å²) < 4.78 is 4.69. The van der Waals surface area contributed by atoms with Gasteiger partial charge in [0.15, 0.2) is 6.29 Å². The third-order valence-electron chi connectivity index (χ3n) is 1.82. The Morgan fingerprint density at radius 1 is 1.17 bits per heavy atom. The van der Waals surface area contributed by atoms with Gasteiger partial charge in [-0.1, -0.05) is 0 Å². The Morgan fingerprint density at radius 3 is 2.25 bits per heavy atom. The molecule has 2 unspecified atom stereocenters. The normalized spacial score (nSPS) is 49.2. The van der Waals surface area contributed by atoms with E-state index < -0.39 is 36.6 Å². The van der Waals surface area contributed by atoms with Crippen molar-refractivity contribution in [3.05, 3.63) is 0 Å². The van der Waals surface area contributed by atoms with E-state index in [9.17, 15) is 10.2 Å². The van der Waals surface area contributed by atoms with Crippen LogP contribution in [-0.2, 0) is 4.74 Å². The topological polar surface area (TPSA) is 90.2 Å². The molecule has 0 amide bonds. The van der Waals surface area contributed by atoms with E-state index in [0.717, 1.165) is 0 Å². The molecule has 0 radical (unpaired) electrons.